The first-order valence-electron chi connectivity index (χ1n) is 8.02. The van der Waals surface area contributed by atoms with E-state index in [1.165, 1.54) is 0 Å². The van der Waals surface area contributed by atoms with E-state index in [1.54, 1.807) is 24.8 Å². The number of hydrogen-bond acceptors (Lipinski definition) is 5. The first-order valence-corrected chi connectivity index (χ1v) is 8.78. The number of ether oxygens (including phenoxy) is 1. The second kappa shape index (κ2) is 10.4. The summed E-state index contributed by atoms with van der Waals surface area (Å²) in [5, 5.41) is 8.71. The molecule has 1 aromatic rings. The molecule has 0 atom stereocenters. The number of aliphatic imine (C=N–C) groups is 1. The molecule has 7 heteroatoms. The fourth-order valence-electron chi connectivity index (χ4n) is 2.39. The molecule has 0 fully saturated rings. The average molecular weight is 387 g/mol. The summed E-state index contributed by atoms with van der Waals surface area (Å²) in [5.74, 6) is -0.331. The molecule has 0 spiro atoms. The molecule has 1 aliphatic rings. The highest BCUT2D eigenvalue weighted by Gasteiger charge is 2.25. The van der Waals surface area contributed by atoms with Gasteiger partial charge in [0, 0.05) is 41.4 Å². The minimum absolute atomic E-state index is 0.250. The van der Waals surface area contributed by atoms with Gasteiger partial charge in [-0.15, -0.1) is 0 Å². The SMILES string of the molecule is CCO.CCOC(=O)C1=C(Cc2cc(Cl)cc(Cl)c2)C(C)=NCN1C. The molecule has 0 unspecified atom stereocenters. The number of nitrogens with zero attached hydrogens (tertiary/aromatic N) is 2. The first-order chi connectivity index (χ1) is 11.8. The highest BCUT2D eigenvalue weighted by atomic mass is 35.5. The number of esters is 1. The smallest absolute Gasteiger partial charge is 0.355 e. The van der Waals surface area contributed by atoms with Gasteiger partial charge in [-0.05, 0) is 44.5 Å². The zero-order valence-electron chi connectivity index (χ0n) is 15.0. The van der Waals surface area contributed by atoms with Gasteiger partial charge >= 0.3 is 5.97 Å². The van der Waals surface area contributed by atoms with Gasteiger partial charge in [0.1, 0.15) is 12.4 Å². The Morgan fingerprint density at radius 3 is 2.36 bits per heavy atom. The third-order valence-corrected chi connectivity index (χ3v) is 3.83. The van der Waals surface area contributed by atoms with E-state index in [0.29, 0.717) is 35.4 Å². The van der Waals surface area contributed by atoms with Crippen LogP contribution in [0.25, 0.3) is 0 Å². The lowest BCUT2D eigenvalue weighted by Crippen LogP contribution is -2.32. The summed E-state index contributed by atoms with van der Waals surface area (Å²) in [7, 11) is 1.83. The van der Waals surface area contributed by atoms with E-state index >= 15 is 0 Å². The second-order valence-electron chi connectivity index (χ2n) is 5.40. The summed E-state index contributed by atoms with van der Waals surface area (Å²) in [6, 6.07) is 5.36. The number of halogens is 2. The molecule has 5 nitrogen and oxygen atoms in total. The standard InChI is InChI=1S/C16H18Cl2N2O2.C2H6O/c1-4-22-16(21)15-14(10(2)19-9-20(15)3)7-11-5-12(17)8-13(18)6-11;1-2-3/h5-6,8H,4,7,9H2,1-3H3;3H,2H2,1H3. The van der Waals surface area contributed by atoms with E-state index in [4.69, 9.17) is 33.0 Å². The number of carbonyl (C=O) groups is 1. The van der Waals surface area contributed by atoms with Gasteiger partial charge in [-0.25, -0.2) is 4.79 Å². The van der Waals surface area contributed by atoms with Gasteiger partial charge < -0.3 is 14.7 Å². The van der Waals surface area contributed by atoms with Crippen molar-refractivity contribution in [1.82, 2.24) is 4.90 Å². The van der Waals surface area contributed by atoms with Crippen LogP contribution < -0.4 is 0 Å². The Balaban J connectivity index is 0.000000970. The third kappa shape index (κ3) is 6.34. The zero-order chi connectivity index (χ0) is 19.0. The normalized spacial score (nSPS) is 13.9. The summed E-state index contributed by atoms with van der Waals surface area (Å²) < 4.78 is 5.17. The molecule has 0 aliphatic carbocycles. The van der Waals surface area contributed by atoms with E-state index in [0.717, 1.165) is 16.8 Å². The van der Waals surface area contributed by atoms with Gasteiger partial charge in [-0.2, -0.15) is 0 Å². The molecule has 2 rings (SSSR count). The van der Waals surface area contributed by atoms with Crippen molar-refractivity contribution in [1.29, 1.82) is 0 Å². The van der Waals surface area contributed by atoms with Crippen molar-refractivity contribution in [2.45, 2.75) is 27.2 Å². The lowest BCUT2D eigenvalue weighted by atomic mass is 9.98. The third-order valence-electron chi connectivity index (χ3n) is 3.40. The number of benzene rings is 1. The van der Waals surface area contributed by atoms with Crippen LogP contribution in [0.5, 0.6) is 0 Å². The quantitative estimate of drug-likeness (QED) is 0.800. The number of aliphatic hydroxyl groups excluding tert-OH is 1. The fourth-order valence-corrected chi connectivity index (χ4v) is 2.96. The van der Waals surface area contributed by atoms with Crippen molar-refractivity contribution in [2.24, 2.45) is 4.99 Å². The topological polar surface area (TPSA) is 62.1 Å². The van der Waals surface area contributed by atoms with Gasteiger partial charge in [-0.1, -0.05) is 23.2 Å². The molecule has 0 saturated carbocycles. The molecule has 1 aliphatic heterocycles. The Morgan fingerprint density at radius 2 is 1.84 bits per heavy atom. The van der Waals surface area contributed by atoms with Crippen molar-refractivity contribution in [3.63, 3.8) is 0 Å². The second-order valence-corrected chi connectivity index (χ2v) is 6.27. The van der Waals surface area contributed by atoms with E-state index < -0.39 is 0 Å². The number of allylic oxidation sites excluding steroid dienone is 1. The monoisotopic (exact) mass is 386 g/mol. The number of likely N-dealkylation sites (N-methyl/N-ethyl adjacent to an activating group) is 1. The molecule has 0 aromatic heterocycles. The molecule has 0 bridgehead atoms. The van der Waals surface area contributed by atoms with Gasteiger partial charge in [-0.3, -0.25) is 4.99 Å². The Morgan fingerprint density at radius 1 is 1.28 bits per heavy atom. The number of carbonyl (C=O) groups excluding carboxylic acids is 1. The molecule has 138 valence electrons. The van der Waals surface area contributed by atoms with Crippen LogP contribution in [-0.4, -0.2) is 48.6 Å². The lowest BCUT2D eigenvalue weighted by molar-refractivity contribution is -0.140. The predicted molar refractivity (Wildman–Crippen MR) is 102 cm³/mol. The maximum Gasteiger partial charge on any atom is 0.355 e. The summed E-state index contributed by atoms with van der Waals surface area (Å²) in [6.07, 6.45) is 0.522. The fraction of sp³-hybridized carbons (Fsp3) is 0.444. The highest BCUT2D eigenvalue weighted by Crippen LogP contribution is 2.25. The van der Waals surface area contributed by atoms with Crippen LogP contribution in [0.15, 0.2) is 34.5 Å². The molecule has 0 radical (unpaired) electrons. The van der Waals surface area contributed by atoms with Gasteiger partial charge in [0.05, 0.1) is 6.61 Å². The molecule has 0 amide bonds. The van der Waals surface area contributed by atoms with Crippen molar-refractivity contribution in [3.05, 3.63) is 45.1 Å². The average Bonchev–Trinajstić information content (AvgIpc) is 2.51. The summed E-state index contributed by atoms with van der Waals surface area (Å²) >= 11 is 12.1. The Labute approximate surface area is 158 Å². The summed E-state index contributed by atoms with van der Waals surface area (Å²) in [4.78, 5) is 18.5. The van der Waals surface area contributed by atoms with Crippen molar-refractivity contribution in [3.8, 4) is 0 Å². The summed E-state index contributed by atoms with van der Waals surface area (Å²) in [6.45, 7) is 6.40. The van der Waals surface area contributed by atoms with E-state index in [1.807, 2.05) is 26.1 Å². The highest BCUT2D eigenvalue weighted by molar-refractivity contribution is 6.34. The largest absolute Gasteiger partial charge is 0.461 e. The van der Waals surface area contributed by atoms with Gasteiger partial charge in [0.25, 0.3) is 0 Å². The predicted octanol–water partition coefficient (Wildman–Crippen LogP) is 3.72. The Bertz CT molecular complexity index is 652. The Hall–Kier alpha value is -1.56. The van der Waals surface area contributed by atoms with Crippen LogP contribution in [0.3, 0.4) is 0 Å². The minimum Gasteiger partial charge on any atom is -0.461 e. The zero-order valence-corrected chi connectivity index (χ0v) is 16.5. The van der Waals surface area contributed by atoms with Crippen molar-refractivity contribution < 1.29 is 14.6 Å². The lowest BCUT2D eigenvalue weighted by Gasteiger charge is -2.27. The first kappa shape index (κ1) is 21.5. The van der Waals surface area contributed by atoms with Crippen LogP contribution in [0.1, 0.15) is 26.3 Å². The van der Waals surface area contributed by atoms with E-state index in [2.05, 4.69) is 4.99 Å². The minimum atomic E-state index is -0.331. The molecule has 1 N–H and O–H groups in total. The van der Waals surface area contributed by atoms with Gasteiger partial charge in [0.2, 0.25) is 0 Å². The van der Waals surface area contributed by atoms with Crippen LogP contribution in [0.2, 0.25) is 10.0 Å². The van der Waals surface area contributed by atoms with E-state index in [9.17, 15) is 4.79 Å². The van der Waals surface area contributed by atoms with Crippen LogP contribution in [0, 0.1) is 0 Å². The molecule has 1 aromatic carbocycles. The molecule has 1 heterocycles. The van der Waals surface area contributed by atoms with Crippen molar-refractivity contribution >= 4 is 34.9 Å². The number of aliphatic hydroxyl groups is 1. The Kier molecular flexibility index (Phi) is 8.97. The molecule has 25 heavy (non-hydrogen) atoms. The van der Waals surface area contributed by atoms with Crippen molar-refractivity contribution in [2.75, 3.05) is 26.9 Å². The van der Waals surface area contributed by atoms with E-state index in [-0.39, 0.29) is 12.6 Å². The number of hydrogen-bond donors (Lipinski definition) is 1. The maximum atomic E-state index is 12.3. The number of rotatable bonds is 4. The molecular weight excluding hydrogens is 363 g/mol. The van der Waals surface area contributed by atoms with Crippen LogP contribution in [-0.2, 0) is 16.0 Å². The molecular formula is C18H24Cl2N2O3. The molecule has 0 saturated heterocycles. The van der Waals surface area contributed by atoms with Crippen LogP contribution >= 0.6 is 23.2 Å². The van der Waals surface area contributed by atoms with Gasteiger partial charge in [0.15, 0.2) is 0 Å². The maximum absolute atomic E-state index is 12.3. The van der Waals surface area contributed by atoms with Crippen LogP contribution in [0.4, 0.5) is 0 Å². The summed E-state index contributed by atoms with van der Waals surface area (Å²) in [5.41, 5.74) is 3.15.